The van der Waals surface area contributed by atoms with Crippen LogP contribution in [0.5, 0.6) is 5.75 Å². The third-order valence-electron chi connectivity index (χ3n) is 4.06. The van der Waals surface area contributed by atoms with Crippen LogP contribution in [-0.4, -0.2) is 17.6 Å². The van der Waals surface area contributed by atoms with Crippen molar-refractivity contribution in [2.75, 3.05) is 6.54 Å². The number of rotatable bonds is 5. The van der Waals surface area contributed by atoms with Crippen LogP contribution in [0.1, 0.15) is 78.0 Å². The van der Waals surface area contributed by atoms with Gasteiger partial charge in [-0.05, 0) is 40.4 Å². The van der Waals surface area contributed by atoms with Gasteiger partial charge < -0.3 is 10.4 Å². The molecule has 0 radical (unpaired) electrons. The van der Waals surface area contributed by atoms with E-state index >= 15 is 0 Å². The molecule has 1 aromatic carbocycles. The highest BCUT2D eigenvalue weighted by molar-refractivity contribution is 5.76. The van der Waals surface area contributed by atoms with Gasteiger partial charge in [-0.2, -0.15) is 0 Å². The Morgan fingerprint density at radius 1 is 1.09 bits per heavy atom. The number of benzene rings is 1. The smallest absolute Gasteiger partial charge is 0.220 e. The summed E-state index contributed by atoms with van der Waals surface area (Å²) in [6.07, 6.45) is 1.91. The number of carbonyl (C=O) groups excluding carboxylic acids is 1. The highest BCUT2D eigenvalue weighted by atomic mass is 16.3. The largest absolute Gasteiger partial charge is 0.507 e. The summed E-state index contributed by atoms with van der Waals surface area (Å²) >= 11 is 0. The quantitative estimate of drug-likeness (QED) is 0.842. The summed E-state index contributed by atoms with van der Waals surface area (Å²) < 4.78 is 0. The summed E-state index contributed by atoms with van der Waals surface area (Å²) in [5.41, 5.74) is 2.89. The van der Waals surface area contributed by atoms with E-state index in [1.54, 1.807) is 0 Å². The topological polar surface area (TPSA) is 49.3 Å². The van der Waals surface area contributed by atoms with Crippen molar-refractivity contribution in [1.29, 1.82) is 0 Å². The molecule has 23 heavy (non-hydrogen) atoms. The molecule has 0 aliphatic rings. The Hall–Kier alpha value is -1.51. The number of carbonyl (C=O) groups is 1. The van der Waals surface area contributed by atoms with E-state index < -0.39 is 0 Å². The fourth-order valence-corrected chi connectivity index (χ4v) is 2.49. The van der Waals surface area contributed by atoms with Crippen LogP contribution < -0.4 is 5.32 Å². The van der Waals surface area contributed by atoms with Crippen molar-refractivity contribution in [3.8, 4) is 5.75 Å². The maximum Gasteiger partial charge on any atom is 0.220 e. The lowest BCUT2D eigenvalue weighted by Crippen LogP contribution is -2.24. The van der Waals surface area contributed by atoms with E-state index in [1.807, 2.05) is 6.92 Å². The molecule has 3 heteroatoms. The van der Waals surface area contributed by atoms with Crippen molar-refractivity contribution in [3.05, 3.63) is 28.8 Å². The minimum atomic E-state index is -0.134. The predicted molar refractivity (Wildman–Crippen MR) is 97.1 cm³/mol. The number of phenolic OH excluding ortho intramolecular Hbond substituents is 1. The highest BCUT2D eigenvalue weighted by Gasteiger charge is 2.24. The fraction of sp³-hybridized carbons (Fsp3) is 0.650. The van der Waals surface area contributed by atoms with E-state index in [4.69, 9.17) is 0 Å². The molecule has 0 unspecified atom stereocenters. The lowest BCUT2D eigenvalue weighted by atomic mass is 9.78. The standard InChI is InChI=1S/C20H33NO2/c1-8-11-21-17(22)10-9-14-12-15(19(2,3)4)13-16(18(14)23)20(5,6)7/h12-13,23H,8-11H2,1-7H3,(H,21,22). The lowest BCUT2D eigenvalue weighted by molar-refractivity contribution is -0.121. The van der Waals surface area contributed by atoms with Crippen LogP contribution in [0.4, 0.5) is 0 Å². The van der Waals surface area contributed by atoms with Crippen molar-refractivity contribution < 1.29 is 9.90 Å². The van der Waals surface area contributed by atoms with Gasteiger partial charge in [-0.25, -0.2) is 0 Å². The monoisotopic (exact) mass is 319 g/mol. The van der Waals surface area contributed by atoms with E-state index in [0.29, 0.717) is 25.1 Å². The second kappa shape index (κ2) is 7.37. The number of aromatic hydroxyl groups is 1. The normalized spacial score (nSPS) is 12.3. The Morgan fingerprint density at radius 3 is 2.17 bits per heavy atom. The molecule has 1 aromatic rings. The van der Waals surface area contributed by atoms with Gasteiger partial charge in [-0.1, -0.05) is 60.6 Å². The average Bonchev–Trinajstić information content (AvgIpc) is 2.41. The van der Waals surface area contributed by atoms with Crippen LogP contribution in [0.2, 0.25) is 0 Å². The van der Waals surface area contributed by atoms with E-state index in [2.05, 4.69) is 59.0 Å². The Morgan fingerprint density at radius 2 is 1.70 bits per heavy atom. The van der Waals surface area contributed by atoms with E-state index in [0.717, 1.165) is 17.5 Å². The summed E-state index contributed by atoms with van der Waals surface area (Å²) in [6.45, 7) is 15.6. The molecule has 1 rings (SSSR count). The molecule has 1 amide bonds. The number of amides is 1. The molecular formula is C20H33NO2. The summed E-state index contributed by atoms with van der Waals surface area (Å²) in [6, 6.07) is 4.16. The number of aryl methyl sites for hydroxylation is 1. The maximum absolute atomic E-state index is 11.9. The Kier molecular flexibility index (Phi) is 6.26. The molecule has 0 aliphatic heterocycles. The molecule has 0 saturated carbocycles. The summed E-state index contributed by atoms with van der Waals surface area (Å²) in [5, 5.41) is 13.6. The fourth-order valence-electron chi connectivity index (χ4n) is 2.49. The molecule has 0 aliphatic carbocycles. The molecule has 2 N–H and O–H groups in total. The van der Waals surface area contributed by atoms with Gasteiger partial charge in [-0.3, -0.25) is 4.79 Å². The molecule has 3 nitrogen and oxygen atoms in total. The van der Waals surface area contributed by atoms with Gasteiger partial charge in [0, 0.05) is 13.0 Å². The zero-order chi connectivity index (χ0) is 17.8. The Balaban J connectivity index is 3.13. The Bertz CT molecular complexity index is 548. The van der Waals surface area contributed by atoms with Crippen LogP contribution in [0.25, 0.3) is 0 Å². The molecule has 130 valence electrons. The Labute approximate surface area is 141 Å². The third-order valence-corrected chi connectivity index (χ3v) is 4.06. The predicted octanol–water partition coefficient (Wildman–Crippen LogP) is 4.45. The van der Waals surface area contributed by atoms with Crippen LogP contribution in [0.3, 0.4) is 0 Å². The zero-order valence-corrected chi connectivity index (χ0v) is 15.8. The number of phenols is 1. The molecule has 0 fully saturated rings. The first-order valence-electron chi connectivity index (χ1n) is 8.60. The lowest BCUT2D eigenvalue weighted by Gasteiger charge is -2.27. The van der Waals surface area contributed by atoms with Crippen LogP contribution in [-0.2, 0) is 22.0 Å². The number of nitrogens with one attached hydrogen (secondary N) is 1. The minimum absolute atomic E-state index is 0.00686. The molecule has 0 aromatic heterocycles. The first-order chi connectivity index (χ1) is 10.5. The van der Waals surface area contributed by atoms with Crippen molar-refractivity contribution >= 4 is 5.91 Å². The third kappa shape index (κ3) is 5.56. The van der Waals surface area contributed by atoms with Crippen LogP contribution in [0.15, 0.2) is 12.1 Å². The van der Waals surface area contributed by atoms with Crippen molar-refractivity contribution in [3.63, 3.8) is 0 Å². The summed E-state index contributed by atoms with van der Waals surface area (Å²) in [7, 11) is 0. The minimum Gasteiger partial charge on any atom is -0.507 e. The zero-order valence-electron chi connectivity index (χ0n) is 15.8. The van der Waals surface area contributed by atoms with Gasteiger partial charge in [0.2, 0.25) is 5.91 Å². The first kappa shape index (κ1) is 19.5. The molecule has 0 heterocycles. The second-order valence-electron chi connectivity index (χ2n) is 8.38. The number of hydrogen-bond donors (Lipinski definition) is 2. The van der Waals surface area contributed by atoms with Gasteiger partial charge in [0.05, 0.1) is 0 Å². The van der Waals surface area contributed by atoms with Crippen molar-refractivity contribution in [1.82, 2.24) is 5.32 Å². The van der Waals surface area contributed by atoms with Crippen LogP contribution >= 0.6 is 0 Å². The van der Waals surface area contributed by atoms with E-state index in [9.17, 15) is 9.90 Å². The molecule has 0 spiro atoms. The van der Waals surface area contributed by atoms with Gasteiger partial charge in [0.15, 0.2) is 0 Å². The van der Waals surface area contributed by atoms with Gasteiger partial charge in [0.1, 0.15) is 5.75 Å². The molecular weight excluding hydrogens is 286 g/mol. The SMILES string of the molecule is CCCNC(=O)CCc1cc(C(C)(C)C)cc(C(C)(C)C)c1O. The van der Waals surface area contributed by atoms with Gasteiger partial charge in [-0.15, -0.1) is 0 Å². The van der Waals surface area contributed by atoms with Crippen LogP contribution in [0, 0.1) is 0 Å². The highest BCUT2D eigenvalue weighted by Crippen LogP contribution is 2.38. The maximum atomic E-state index is 11.9. The van der Waals surface area contributed by atoms with E-state index in [1.165, 1.54) is 5.56 Å². The second-order valence-corrected chi connectivity index (χ2v) is 8.38. The first-order valence-corrected chi connectivity index (χ1v) is 8.60. The average molecular weight is 319 g/mol. The van der Waals surface area contributed by atoms with E-state index in [-0.39, 0.29) is 16.7 Å². The molecule has 0 saturated heterocycles. The molecule has 0 atom stereocenters. The number of hydrogen-bond acceptors (Lipinski definition) is 2. The van der Waals surface area contributed by atoms with Gasteiger partial charge in [0.25, 0.3) is 0 Å². The van der Waals surface area contributed by atoms with Crippen molar-refractivity contribution in [2.24, 2.45) is 0 Å². The molecule has 0 bridgehead atoms. The van der Waals surface area contributed by atoms with Crippen molar-refractivity contribution in [2.45, 2.75) is 78.6 Å². The summed E-state index contributed by atoms with van der Waals surface area (Å²) in [4.78, 5) is 11.9. The summed E-state index contributed by atoms with van der Waals surface area (Å²) in [5.74, 6) is 0.388. The van der Waals surface area contributed by atoms with Gasteiger partial charge >= 0.3 is 0 Å².